The molecule has 0 aliphatic rings. The van der Waals surface area contributed by atoms with Crippen molar-refractivity contribution in [1.82, 2.24) is 0 Å². The van der Waals surface area contributed by atoms with Gasteiger partial charge in [0.25, 0.3) is 0 Å². The molecule has 0 unspecified atom stereocenters. The van der Waals surface area contributed by atoms with Crippen LogP contribution in [0.4, 0.5) is 0 Å². The Balaban J connectivity index is 0. The van der Waals surface area contributed by atoms with Crippen LogP contribution in [0.25, 0.3) is 0 Å². The van der Waals surface area contributed by atoms with Gasteiger partial charge in [-0.3, -0.25) is 9.59 Å². The van der Waals surface area contributed by atoms with E-state index in [4.69, 9.17) is 31.9 Å². The molecule has 3 atom stereocenters. The molecule has 0 aromatic rings. The van der Waals surface area contributed by atoms with E-state index in [1.165, 1.54) is 6.92 Å². The third-order valence-electron chi connectivity index (χ3n) is 1.32. The fourth-order valence-electron chi connectivity index (χ4n) is 0.284. The zero-order valence-electron chi connectivity index (χ0n) is 8.20. The summed E-state index contributed by atoms with van der Waals surface area (Å²) in [5.41, 5.74) is 9.68. The van der Waals surface area contributed by atoms with E-state index in [-0.39, 0.29) is 0 Å². The van der Waals surface area contributed by atoms with Crippen molar-refractivity contribution in [3.63, 3.8) is 0 Å². The Morgan fingerprint density at radius 2 is 1.60 bits per heavy atom. The highest BCUT2D eigenvalue weighted by atomic mass is 16.4. The number of rotatable bonds is 4. The first-order valence-corrected chi connectivity index (χ1v) is 3.99. The molecule has 0 saturated carbocycles. The van der Waals surface area contributed by atoms with Gasteiger partial charge in [0.2, 0.25) is 0 Å². The van der Waals surface area contributed by atoms with Crippen LogP contribution < -0.4 is 11.5 Å². The van der Waals surface area contributed by atoms with Crippen LogP contribution in [0.3, 0.4) is 0 Å². The van der Waals surface area contributed by atoms with Crippen LogP contribution in [0.2, 0.25) is 0 Å². The van der Waals surface area contributed by atoms with E-state index in [0.29, 0.717) is 0 Å². The quantitative estimate of drug-likeness (QED) is 0.297. The van der Waals surface area contributed by atoms with E-state index < -0.39 is 36.7 Å². The average Bonchev–Trinajstić information content (AvgIpc) is 2.15. The summed E-state index contributed by atoms with van der Waals surface area (Å²) in [7, 11) is 0. The summed E-state index contributed by atoms with van der Waals surface area (Å²) in [4.78, 5) is 19.5. The molecule has 0 fully saturated rings. The number of aliphatic hydroxyl groups is 2. The third kappa shape index (κ3) is 9.09. The largest absolute Gasteiger partial charge is 0.480 e. The minimum absolute atomic E-state index is 0.505. The molecule has 0 aromatic heterocycles. The van der Waals surface area contributed by atoms with Crippen molar-refractivity contribution in [3.05, 3.63) is 0 Å². The maximum atomic E-state index is 9.86. The number of aliphatic carboxylic acids is 2. The Morgan fingerprint density at radius 1 is 1.20 bits per heavy atom. The van der Waals surface area contributed by atoms with Crippen LogP contribution >= 0.6 is 0 Å². The lowest BCUT2D eigenvalue weighted by Crippen LogP contribution is -2.39. The van der Waals surface area contributed by atoms with Gasteiger partial charge in [-0.25, -0.2) is 0 Å². The monoisotopic (exact) mass is 224 g/mol. The topological polar surface area (TPSA) is 167 Å². The minimum atomic E-state index is -1.18. The van der Waals surface area contributed by atoms with Crippen LogP contribution in [-0.2, 0) is 9.59 Å². The Hall–Kier alpha value is -1.22. The second-order valence-corrected chi connectivity index (χ2v) is 2.73. The molecular formula is C7H16N2O6. The van der Waals surface area contributed by atoms with Gasteiger partial charge in [0.05, 0.1) is 12.7 Å². The van der Waals surface area contributed by atoms with Crippen molar-refractivity contribution in [2.24, 2.45) is 11.5 Å². The molecule has 8 heteroatoms. The lowest BCUT2D eigenvalue weighted by Gasteiger charge is -2.06. The molecule has 0 saturated heterocycles. The molecule has 0 bridgehead atoms. The lowest BCUT2D eigenvalue weighted by atomic mass is 10.2. The van der Waals surface area contributed by atoms with Gasteiger partial charge in [-0.1, -0.05) is 0 Å². The lowest BCUT2D eigenvalue weighted by molar-refractivity contribution is -0.141. The van der Waals surface area contributed by atoms with Crippen molar-refractivity contribution in [1.29, 1.82) is 0 Å². The van der Waals surface area contributed by atoms with E-state index in [9.17, 15) is 9.59 Å². The number of nitrogens with two attached hydrogens (primary N) is 2. The summed E-state index contributed by atoms with van der Waals surface area (Å²) < 4.78 is 0. The molecule has 0 aliphatic heterocycles. The van der Waals surface area contributed by atoms with Crippen LogP contribution in [0.1, 0.15) is 6.92 Å². The highest BCUT2D eigenvalue weighted by Gasteiger charge is 2.16. The fourth-order valence-corrected chi connectivity index (χ4v) is 0.284. The SMILES string of the molecule is C[C@H](O)[C@@H](N)C(=O)O.N[C@@H](CO)C(=O)O. The van der Waals surface area contributed by atoms with Gasteiger partial charge in [0.1, 0.15) is 12.1 Å². The van der Waals surface area contributed by atoms with Crippen LogP contribution in [0.5, 0.6) is 0 Å². The average molecular weight is 224 g/mol. The van der Waals surface area contributed by atoms with Gasteiger partial charge in [0, 0.05) is 0 Å². The summed E-state index contributed by atoms with van der Waals surface area (Å²) in [6.07, 6.45) is -0.979. The number of carboxylic acid groups (broad SMARTS) is 2. The molecule has 90 valence electrons. The zero-order chi connectivity index (χ0) is 12.6. The molecule has 0 spiro atoms. The normalized spacial score (nSPS) is 15.5. The van der Waals surface area contributed by atoms with Gasteiger partial charge >= 0.3 is 11.9 Å². The molecule has 8 N–H and O–H groups in total. The van der Waals surface area contributed by atoms with Gasteiger partial charge in [-0.15, -0.1) is 0 Å². The molecule has 0 heterocycles. The second-order valence-electron chi connectivity index (χ2n) is 2.73. The summed E-state index contributed by atoms with van der Waals surface area (Å²) in [5, 5.41) is 32.4. The van der Waals surface area contributed by atoms with Crippen molar-refractivity contribution in [2.45, 2.75) is 25.1 Å². The minimum Gasteiger partial charge on any atom is -0.480 e. The standard InChI is InChI=1S/C4H9NO3.C3H7NO3/c1-2(6)3(5)4(7)8;4-2(1-5)3(6)7/h2-3,6H,5H2,1H3,(H,7,8);2,5H,1,4H2,(H,6,7)/t2-,3+;2-/m00/s1. The van der Waals surface area contributed by atoms with E-state index in [1.54, 1.807) is 0 Å². The first-order chi connectivity index (χ1) is 6.73. The van der Waals surface area contributed by atoms with Crippen molar-refractivity contribution in [2.75, 3.05) is 6.61 Å². The molecule has 0 rings (SSSR count). The maximum Gasteiger partial charge on any atom is 0.323 e. The summed E-state index contributed by atoms with van der Waals surface area (Å²) in [6.45, 7) is 0.827. The van der Waals surface area contributed by atoms with Gasteiger partial charge in [0.15, 0.2) is 0 Å². The molecule has 0 aromatic carbocycles. The first-order valence-electron chi connectivity index (χ1n) is 3.99. The van der Waals surface area contributed by atoms with Gasteiger partial charge in [-0.2, -0.15) is 0 Å². The Labute approximate surface area is 86.1 Å². The zero-order valence-corrected chi connectivity index (χ0v) is 8.20. The molecule has 0 aliphatic carbocycles. The smallest absolute Gasteiger partial charge is 0.323 e. The van der Waals surface area contributed by atoms with Crippen molar-refractivity contribution >= 4 is 11.9 Å². The van der Waals surface area contributed by atoms with Crippen LogP contribution in [-0.4, -0.2) is 57.2 Å². The van der Waals surface area contributed by atoms with Crippen LogP contribution in [0, 0.1) is 0 Å². The Bertz CT molecular complexity index is 208. The predicted molar refractivity (Wildman–Crippen MR) is 50.0 cm³/mol. The molecule has 8 nitrogen and oxygen atoms in total. The fraction of sp³-hybridized carbons (Fsp3) is 0.714. The molecule has 0 radical (unpaired) electrons. The molecule has 0 amide bonds. The number of hydrogen-bond donors (Lipinski definition) is 6. The number of carbonyl (C=O) groups is 2. The Morgan fingerprint density at radius 3 is 1.60 bits per heavy atom. The van der Waals surface area contributed by atoms with Crippen molar-refractivity contribution in [3.8, 4) is 0 Å². The molecular weight excluding hydrogens is 208 g/mol. The summed E-state index contributed by atoms with van der Waals surface area (Å²) in [6, 6.07) is -2.28. The maximum absolute atomic E-state index is 9.86. The highest BCUT2D eigenvalue weighted by molar-refractivity contribution is 5.73. The van der Waals surface area contributed by atoms with Crippen LogP contribution in [0.15, 0.2) is 0 Å². The first kappa shape index (κ1) is 16.2. The highest BCUT2D eigenvalue weighted by Crippen LogP contribution is 1.85. The third-order valence-corrected chi connectivity index (χ3v) is 1.32. The predicted octanol–water partition coefficient (Wildman–Crippen LogP) is -2.83. The van der Waals surface area contributed by atoms with E-state index in [0.717, 1.165) is 0 Å². The van der Waals surface area contributed by atoms with E-state index in [1.807, 2.05) is 0 Å². The summed E-state index contributed by atoms with van der Waals surface area (Å²) >= 11 is 0. The molecule has 15 heavy (non-hydrogen) atoms. The van der Waals surface area contributed by atoms with Gasteiger partial charge < -0.3 is 31.9 Å². The van der Waals surface area contributed by atoms with E-state index in [2.05, 4.69) is 0 Å². The van der Waals surface area contributed by atoms with E-state index >= 15 is 0 Å². The number of hydrogen-bond acceptors (Lipinski definition) is 6. The Kier molecular flexibility index (Phi) is 8.78. The summed E-state index contributed by atoms with van der Waals surface area (Å²) in [5.74, 6) is -2.36. The van der Waals surface area contributed by atoms with Crippen molar-refractivity contribution < 1.29 is 30.0 Å². The van der Waals surface area contributed by atoms with Gasteiger partial charge in [-0.05, 0) is 6.92 Å². The number of aliphatic hydroxyl groups excluding tert-OH is 2. The number of carboxylic acids is 2. The second kappa shape index (κ2) is 8.12.